The smallest absolute Gasteiger partial charge is 0.410 e. The third-order valence-electron chi connectivity index (χ3n) is 9.26. The first kappa shape index (κ1) is 33.4. The monoisotopic (exact) mass is 674 g/mol. The maximum atomic E-state index is 12.8. The van der Waals surface area contributed by atoms with Gasteiger partial charge in [0.2, 0.25) is 0 Å². The van der Waals surface area contributed by atoms with Crippen molar-refractivity contribution in [2.45, 2.75) is 90.5 Å². The largest absolute Gasteiger partial charge is 0.444 e. The molecule has 260 valence electrons. The number of likely N-dealkylation sites (tertiary alicyclic amines) is 2. The highest BCUT2D eigenvalue weighted by molar-refractivity contribution is 5.90. The fraction of sp³-hybridized carbons (Fsp3) is 0.400. The van der Waals surface area contributed by atoms with E-state index in [1.165, 1.54) is 0 Å². The molecular formula is C40H46N6O4. The van der Waals surface area contributed by atoms with Crippen LogP contribution in [0.15, 0.2) is 73.1 Å². The highest BCUT2D eigenvalue weighted by atomic mass is 16.6. The highest BCUT2D eigenvalue weighted by Gasteiger charge is 2.36. The van der Waals surface area contributed by atoms with Gasteiger partial charge in [-0.05, 0) is 107 Å². The number of hydrogen-bond acceptors (Lipinski definition) is 6. The predicted octanol–water partition coefficient (Wildman–Crippen LogP) is 9.43. The molecule has 2 fully saturated rings. The molecule has 4 heterocycles. The van der Waals surface area contributed by atoms with Crippen LogP contribution in [0.3, 0.4) is 0 Å². The number of H-pyrrole nitrogens is 2. The van der Waals surface area contributed by atoms with E-state index in [4.69, 9.17) is 9.47 Å². The zero-order chi connectivity index (χ0) is 35.2. The molecule has 3 aromatic carbocycles. The molecule has 1 unspecified atom stereocenters. The van der Waals surface area contributed by atoms with E-state index in [0.29, 0.717) is 13.1 Å². The normalized spacial score (nSPS) is 18.2. The number of rotatable bonds is 5. The average molecular weight is 675 g/mol. The van der Waals surface area contributed by atoms with Crippen molar-refractivity contribution >= 4 is 23.0 Å². The number of benzene rings is 3. The number of fused-ring (bicyclic) bond motifs is 1. The maximum absolute atomic E-state index is 12.8. The van der Waals surface area contributed by atoms with Crippen molar-refractivity contribution < 1.29 is 19.1 Å². The summed E-state index contributed by atoms with van der Waals surface area (Å²) in [6.07, 6.45) is 6.65. The molecule has 0 bridgehead atoms. The summed E-state index contributed by atoms with van der Waals surface area (Å²) in [5.41, 5.74) is 5.09. The fourth-order valence-electron chi connectivity index (χ4n) is 6.92. The molecule has 2 atom stereocenters. The van der Waals surface area contributed by atoms with Crippen LogP contribution in [0.4, 0.5) is 9.59 Å². The van der Waals surface area contributed by atoms with Crippen LogP contribution in [0.1, 0.15) is 91.0 Å². The first-order chi connectivity index (χ1) is 23.8. The van der Waals surface area contributed by atoms with E-state index in [0.717, 1.165) is 81.7 Å². The Balaban J connectivity index is 1.04. The van der Waals surface area contributed by atoms with Crippen molar-refractivity contribution in [3.05, 3.63) is 84.7 Å². The minimum Gasteiger partial charge on any atom is -0.444 e. The van der Waals surface area contributed by atoms with E-state index in [-0.39, 0.29) is 24.3 Å². The molecule has 2 N–H and O–H groups in total. The summed E-state index contributed by atoms with van der Waals surface area (Å²) >= 11 is 0. The van der Waals surface area contributed by atoms with Crippen LogP contribution < -0.4 is 0 Å². The lowest BCUT2D eigenvalue weighted by Gasteiger charge is -2.27. The summed E-state index contributed by atoms with van der Waals surface area (Å²) in [6.45, 7) is 12.6. The van der Waals surface area contributed by atoms with Crippen LogP contribution in [-0.4, -0.2) is 66.2 Å². The molecule has 2 amide bonds. The Morgan fingerprint density at radius 3 is 1.54 bits per heavy atom. The number of hydrogen-bond donors (Lipinski definition) is 2. The van der Waals surface area contributed by atoms with Crippen LogP contribution in [0.5, 0.6) is 0 Å². The van der Waals surface area contributed by atoms with E-state index >= 15 is 0 Å². The molecule has 5 aromatic rings. The third-order valence-corrected chi connectivity index (χ3v) is 9.26. The molecule has 2 aliphatic heterocycles. The quantitative estimate of drug-likeness (QED) is 0.192. The van der Waals surface area contributed by atoms with Crippen molar-refractivity contribution in [1.82, 2.24) is 29.7 Å². The summed E-state index contributed by atoms with van der Waals surface area (Å²) in [4.78, 5) is 45.5. The summed E-state index contributed by atoms with van der Waals surface area (Å²) in [6, 6.07) is 21.2. The summed E-state index contributed by atoms with van der Waals surface area (Å²) in [5.74, 6) is 1.57. The van der Waals surface area contributed by atoms with E-state index in [2.05, 4.69) is 80.6 Å². The fourth-order valence-corrected chi connectivity index (χ4v) is 6.92. The van der Waals surface area contributed by atoms with Gasteiger partial charge in [0.1, 0.15) is 22.9 Å². The second kappa shape index (κ2) is 13.0. The first-order valence-corrected chi connectivity index (χ1v) is 17.6. The number of aromatic nitrogens is 4. The molecule has 7 rings (SSSR count). The van der Waals surface area contributed by atoms with Gasteiger partial charge in [-0.25, -0.2) is 19.6 Å². The van der Waals surface area contributed by atoms with Gasteiger partial charge in [0.05, 0.1) is 35.9 Å². The lowest BCUT2D eigenvalue weighted by molar-refractivity contribution is 0.0208. The SMILES string of the molecule is CC(C)(C)OC(=O)N1CCCC1c1ncc(-c2ccc(-c3ccc4cc(-c5cnc([C@@H]6CCCN6C(=O)OC(C)(C)C)[nH]5)ccc4c3)cc2)[nH]1. The highest BCUT2D eigenvalue weighted by Crippen LogP contribution is 2.35. The van der Waals surface area contributed by atoms with Gasteiger partial charge in [-0.15, -0.1) is 0 Å². The molecule has 2 aromatic heterocycles. The Kier molecular flexibility index (Phi) is 8.66. The Morgan fingerprint density at radius 1 is 0.620 bits per heavy atom. The van der Waals surface area contributed by atoms with Crippen LogP contribution >= 0.6 is 0 Å². The number of carbonyl (C=O) groups is 2. The summed E-state index contributed by atoms with van der Waals surface area (Å²) in [7, 11) is 0. The number of nitrogens with one attached hydrogen (secondary N) is 2. The second-order valence-corrected chi connectivity index (χ2v) is 15.4. The molecule has 2 saturated heterocycles. The van der Waals surface area contributed by atoms with Gasteiger partial charge in [0.25, 0.3) is 0 Å². The van der Waals surface area contributed by atoms with Gasteiger partial charge in [-0.1, -0.05) is 48.5 Å². The predicted molar refractivity (Wildman–Crippen MR) is 194 cm³/mol. The van der Waals surface area contributed by atoms with Crippen LogP contribution in [-0.2, 0) is 9.47 Å². The Morgan fingerprint density at radius 2 is 1.04 bits per heavy atom. The number of nitrogens with zero attached hydrogens (tertiary/aromatic N) is 4. The number of carbonyl (C=O) groups excluding carboxylic acids is 2. The maximum Gasteiger partial charge on any atom is 0.410 e. The van der Waals surface area contributed by atoms with Crippen LogP contribution in [0, 0.1) is 0 Å². The van der Waals surface area contributed by atoms with Crippen LogP contribution in [0.25, 0.3) is 44.4 Å². The van der Waals surface area contributed by atoms with E-state index < -0.39 is 11.2 Å². The molecule has 2 aliphatic rings. The zero-order valence-electron chi connectivity index (χ0n) is 29.7. The summed E-state index contributed by atoms with van der Waals surface area (Å²) in [5, 5.41) is 2.28. The zero-order valence-corrected chi connectivity index (χ0v) is 29.7. The van der Waals surface area contributed by atoms with Gasteiger partial charge in [0, 0.05) is 18.7 Å². The van der Waals surface area contributed by atoms with Crippen molar-refractivity contribution in [3.63, 3.8) is 0 Å². The van der Waals surface area contributed by atoms with E-state index in [1.54, 1.807) is 9.80 Å². The van der Waals surface area contributed by atoms with Gasteiger partial charge in [-0.3, -0.25) is 9.80 Å². The Bertz CT molecular complexity index is 2020. The van der Waals surface area contributed by atoms with Crippen molar-refractivity contribution in [2.75, 3.05) is 13.1 Å². The van der Waals surface area contributed by atoms with Gasteiger partial charge in [-0.2, -0.15) is 0 Å². The Labute approximate surface area is 293 Å². The molecule has 0 spiro atoms. The number of aromatic amines is 2. The van der Waals surface area contributed by atoms with E-state index in [1.807, 2.05) is 53.9 Å². The molecule has 50 heavy (non-hydrogen) atoms. The molecule has 10 heteroatoms. The topological polar surface area (TPSA) is 116 Å². The minimum absolute atomic E-state index is 0.117. The molecular weight excluding hydrogens is 628 g/mol. The lowest BCUT2D eigenvalue weighted by atomic mass is 9.98. The standard InChI is InChI=1S/C40H46N6O4/c1-39(2,3)49-37(47)45-19-7-9-33(45)35-41-23-31(43-35)26-13-11-25(12-14-26)27-15-16-29-22-30(18-17-28(29)21-27)32-24-42-36(44-32)34-10-8-20-46(34)38(48)50-40(4,5)6/h11-18,21-24,33-34H,7-10,19-20H2,1-6H3,(H,41,43)(H,42,44)/t33?,34-/m0/s1. The molecule has 10 nitrogen and oxygen atoms in total. The molecule has 0 radical (unpaired) electrons. The van der Waals surface area contributed by atoms with Crippen molar-refractivity contribution in [1.29, 1.82) is 0 Å². The van der Waals surface area contributed by atoms with Gasteiger partial charge >= 0.3 is 12.2 Å². The first-order valence-electron chi connectivity index (χ1n) is 17.6. The van der Waals surface area contributed by atoms with Crippen molar-refractivity contribution in [2.24, 2.45) is 0 Å². The van der Waals surface area contributed by atoms with Gasteiger partial charge < -0.3 is 19.4 Å². The summed E-state index contributed by atoms with van der Waals surface area (Å²) < 4.78 is 11.3. The van der Waals surface area contributed by atoms with Crippen molar-refractivity contribution in [3.8, 4) is 33.6 Å². The van der Waals surface area contributed by atoms with Crippen LogP contribution in [0.2, 0.25) is 0 Å². The van der Waals surface area contributed by atoms with Gasteiger partial charge in [0.15, 0.2) is 0 Å². The number of amides is 2. The minimum atomic E-state index is -0.539. The lowest BCUT2D eigenvalue weighted by Crippen LogP contribution is -2.36. The average Bonchev–Trinajstić information content (AvgIpc) is 3.88. The van der Waals surface area contributed by atoms with E-state index in [9.17, 15) is 9.59 Å². The Hall–Kier alpha value is -5.12. The molecule has 0 aliphatic carbocycles. The number of ether oxygens (including phenoxy) is 2. The number of imidazole rings is 2. The third kappa shape index (κ3) is 7.11. The second-order valence-electron chi connectivity index (χ2n) is 15.4. The molecule has 0 saturated carbocycles.